The molecule has 1 atom stereocenters. The molecule has 4 nitrogen and oxygen atoms in total. The van der Waals surface area contributed by atoms with E-state index in [9.17, 15) is 0 Å². The zero-order valence-electron chi connectivity index (χ0n) is 12.4. The molecule has 0 radical (unpaired) electrons. The van der Waals surface area contributed by atoms with Gasteiger partial charge in [0.1, 0.15) is 5.76 Å². The Labute approximate surface area is 120 Å². The predicted molar refractivity (Wildman–Crippen MR) is 78.7 cm³/mol. The minimum atomic E-state index is 0.470. The van der Waals surface area contributed by atoms with Crippen LogP contribution in [0.3, 0.4) is 0 Å². The number of furan rings is 1. The molecule has 2 aromatic rings. The number of hydrogen-bond donors (Lipinski definition) is 1. The lowest BCUT2D eigenvalue weighted by Gasteiger charge is -2.22. The number of hydrogen-bond acceptors (Lipinski definition) is 3. The Hall–Kier alpha value is -1.55. The molecule has 0 bridgehead atoms. The maximum absolute atomic E-state index is 5.53. The molecule has 0 spiro atoms. The topological polar surface area (TPSA) is 43.0 Å². The summed E-state index contributed by atoms with van der Waals surface area (Å²) in [7, 11) is 0. The number of aryl methyl sites for hydroxylation is 4. The lowest BCUT2D eigenvalue weighted by Crippen LogP contribution is -2.26. The molecule has 0 saturated heterocycles. The molecule has 1 aliphatic rings. The summed E-state index contributed by atoms with van der Waals surface area (Å²) < 4.78 is 7.62. The maximum atomic E-state index is 5.53. The second-order valence-corrected chi connectivity index (χ2v) is 5.70. The van der Waals surface area contributed by atoms with E-state index < -0.39 is 0 Å². The van der Waals surface area contributed by atoms with Gasteiger partial charge in [0.25, 0.3) is 0 Å². The predicted octanol–water partition coefficient (Wildman–Crippen LogP) is 3.15. The van der Waals surface area contributed by atoms with Gasteiger partial charge in [0.05, 0.1) is 12.0 Å². The van der Waals surface area contributed by atoms with Gasteiger partial charge in [-0.15, -0.1) is 0 Å². The molecule has 0 saturated carbocycles. The van der Waals surface area contributed by atoms with Crippen molar-refractivity contribution in [2.75, 3.05) is 6.54 Å². The average molecular weight is 273 g/mol. The quantitative estimate of drug-likeness (QED) is 0.851. The summed E-state index contributed by atoms with van der Waals surface area (Å²) in [6.45, 7) is 6.17. The molecule has 2 heterocycles. The molecule has 0 aromatic carbocycles. The Balaban J connectivity index is 1.48. The molecular formula is C16H23N3O. The fourth-order valence-corrected chi connectivity index (χ4v) is 3.10. The second-order valence-electron chi connectivity index (χ2n) is 5.70. The highest BCUT2D eigenvalue weighted by Crippen LogP contribution is 2.30. The molecular weight excluding hydrogens is 250 g/mol. The minimum absolute atomic E-state index is 0.470. The monoisotopic (exact) mass is 273 g/mol. The van der Waals surface area contributed by atoms with Gasteiger partial charge in [-0.05, 0) is 51.8 Å². The average Bonchev–Trinajstić information content (AvgIpc) is 3.01. The van der Waals surface area contributed by atoms with Crippen LogP contribution in [0.4, 0.5) is 0 Å². The van der Waals surface area contributed by atoms with Gasteiger partial charge in [0.15, 0.2) is 0 Å². The van der Waals surface area contributed by atoms with Gasteiger partial charge in [-0.2, -0.15) is 5.10 Å². The summed E-state index contributed by atoms with van der Waals surface area (Å²) in [5.74, 6) is 1.17. The first-order chi connectivity index (χ1) is 9.74. The Morgan fingerprint density at radius 3 is 3.15 bits per heavy atom. The molecule has 3 rings (SSSR count). The van der Waals surface area contributed by atoms with Crippen LogP contribution in [0.15, 0.2) is 22.8 Å². The molecule has 0 fully saturated rings. The highest BCUT2D eigenvalue weighted by Gasteiger charge is 2.21. The van der Waals surface area contributed by atoms with Crippen LogP contribution in [0.5, 0.6) is 0 Å². The number of fused-ring (bicyclic) bond motifs is 1. The van der Waals surface area contributed by atoms with Crippen molar-refractivity contribution in [2.45, 2.75) is 52.1 Å². The fourth-order valence-electron chi connectivity index (χ4n) is 3.10. The number of rotatable bonds is 5. The third-order valence-electron chi connectivity index (χ3n) is 4.09. The van der Waals surface area contributed by atoms with E-state index in [-0.39, 0.29) is 0 Å². The summed E-state index contributed by atoms with van der Waals surface area (Å²) in [4.78, 5) is 0. The highest BCUT2D eigenvalue weighted by atomic mass is 16.3. The van der Waals surface area contributed by atoms with Crippen LogP contribution in [-0.2, 0) is 13.0 Å². The lowest BCUT2D eigenvalue weighted by atomic mass is 9.93. The highest BCUT2D eigenvalue weighted by molar-refractivity contribution is 5.23. The van der Waals surface area contributed by atoms with E-state index in [1.54, 1.807) is 0 Å². The van der Waals surface area contributed by atoms with Crippen LogP contribution in [0.2, 0.25) is 0 Å². The van der Waals surface area contributed by atoms with Gasteiger partial charge in [-0.25, -0.2) is 0 Å². The minimum Gasteiger partial charge on any atom is -0.469 e. The van der Waals surface area contributed by atoms with Gasteiger partial charge in [0, 0.05) is 30.3 Å². The fraction of sp³-hybridized carbons (Fsp3) is 0.562. The van der Waals surface area contributed by atoms with E-state index in [1.807, 2.05) is 13.2 Å². The van der Waals surface area contributed by atoms with Crippen molar-refractivity contribution < 1.29 is 4.42 Å². The summed E-state index contributed by atoms with van der Waals surface area (Å²) in [5, 5.41) is 8.16. The lowest BCUT2D eigenvalue weighted by molar-refractivity contribution is 0.403. The van der Waals surface area contributed by atoms with Crippen molar-refractivity contribution in [1.29, 1.82) is 0 Å². The molecule has 4 heteroatoms. The van der Waals surface area contributed by atoms with Crippen molar-refractivity contribution >= 4 is 0 Å². The molecule has 108 valence electrons. The van der Waals surface area contributed by atoms with Crippen LogP contribution in [0, 0.1) is 13.8 Å². The van der Waals surface area contributed by atoms with Crippen LogP contribution in [-0.4, -0.2) is 16.3 Å². The first-order valence-electron chi connectivity index (χ1n) is 7.55. The zero-order valence-corrected chi connectivity index (χ0v) is 12.4. The SMILES string of the molecule is Cc1cc(C)n(CCCNC2CCCc3occc32)n1. The first kappa shape index (κ1) is 13.4. The van der Waals surface area contributed by atoms with Crippen molar-refractivity contribution in [2.24, 2.45) is 0 Å². The van der Waals surface area contributed by atoms with E-state index in [2.05, 4.69) is 34.2 Å². The van der Waals surface area contributed by atoms with E-state index in [0.29, 0.717) is 6.04 Å². The molecule has 1 N–H and O–H groups in total. The van der Waals surface area contributed by atoms with E-state index in [0.717, 1.165) is 31.6 Å². The van der Waals surface area contributed by atoms with Gasteiger partial charge < -0.3 is 9.73 Å². The molecule has 1 unspecified atom stereocenters. The Morgan fingerprint density at radius 1 is 1.45 bits per heavy atom. The Kier molecular flexibility index (Phi) is 3.92. The van der Waals surface area contributed by atoms with E-state index in [1.165, 1.54) is 29.9 Å². The number of nitrogens with zero attached hydrogens (tertiary/aromatic N) is 2. The standard InChI is InChI=1S/C16H23N3O/c1-12-11-13(2)19(18-12)9-4-8-17-15-5-3-6-16-14(15)7-10-20-16/h7,10-11,15,17H,3-6,8-9H2,1-2H3. The van der Waals surface area contributed by atoms with E-state index >= 15 is 0 Å². The van der Waals surface area contributed by atoms with E-state index in [4.69, 9.17) is 4.42 Å². The van der Waals surface area contributed by atoms with Gasteiger partial charge in [0.2, 0.25) is 0 Å². The zero-order chi connectivity index (χ0) is 13.9. The smallest absolute Gasteiger partial charge is 0.108 e. The van der Waals surface area contributed by atoms with Crippen LogP contribution >= 0.6 is 0 Å². The van der Waals surface area contributed by atoms with Crippen molar-refractivity contribution in [3.63, 3.8) is 0 Å². The third-order valence-corrected chi connectivity index (χ3v) is 4.09. The van der Waals surface area contributed by atoms with Crippen LogP contribution in [0.25, 0.3) is 0 Å². The van der Waals surface area contributed by atoms with Crippen LogP contribution < -0.4 is 5.32 Å². The first-order valence-corrected chi connectivity index (χ1v) is 7.55. The van der Waals surface area contributed by atoms with Crippen LogP contribution in [0.1, 0.15) is 48.0 Å². The van der Waals surface area contributed by atoms with Crippen molar-refractivity contribution in [3.8, 4) is 0 Å². The molecule has 2 aromatic heterocycles. The van der Waals surface area contributed by atoms with Gasteiger partial charge in [-0.1, -0.05) is 0 Å². The maximum Gasteiger partial charge on any atom is 0.108 e. The number of nitrogens with one attached hydrogen (secondary N) is 1. The summed E-state index contributed by atoms with van der Waals surface area (Å²) in [6.07, 6.45) is 6.44. The molecule has 1 aliphatic carbocycles. The Bertz CT molecular complexity index is 570. The Morgan fingerprint density at radius 2 is 2.35 bits per heavy atom. The van der Waals surface area contributed by atoms with Gasteiger partial charge >= 0.3 is 0 Å². The second kappa shape index (κ2) is 5.83. The van der Waals surface area contributed by atoms with Crippen molar-refractivity contribution in [3.05, 3.63) is 41.1 Å². The van der Waals surface area contributed by atoms with Crippen molar-refractivity contribution in [1.82, 2.24) is 15.1 Å². The molecule has 0 amide bonds. The molecule has 0 aliphatic heterocycles. The summed E-state index contributed by atoms with van der Waals surface area (Å²) >= 11 is 0. The normalized spacial score (nSPS) is 18.2. The molecule has 20 heavy (non-hydrogen) atoms. The summed E-state index contributed by atoms with van der Waals surface area (Å²) in [6, 6.07) is 4.72. The largest absolute Gasteiger partial charge is 0.469 e. The summed E-state index contributed by atoms with van der Waals surface area (Å²) in [5.41, 5.74) is 3.71. The number of aromatic nitrogens is 2. The third kappa shape index (κ3) is 2.80. The van der Waals surface area contributed by atoms with Gasteiger partial charge in [-0.3, -0.25) is 4.68 Å².